The molecule has 0 radical (unpaired) electrons. The molecule has 0 saturated heterocycles. The van der Waals surface area contributed by atoms with Crippen LogP contribution in [0.15, 0.2) is 42.5 Å². The molecule has 0 spiro atoms. The summed E-state index contributed by atoms with van der Waals surface area (Å²) in [6, 6.07) is 14.1. The number of benzene rings is 2. The number of aliphatic hydroxyl groups is 1. The SMILES string of the molecule is COc1cc(C)ccc1C(C)Nc1ccccc1C(C)O. The van der Waals surface area contributed by atoms with Crippen LogP contribution in [0.25, 0.3) is 0 Å². The summed E-state index contributed by atoms with van der Waals surface area (Å²) in [5.74, 6) is 0.879. The monoisotopic (exact) mass is 285 g/mol. The Labute approximate surface area is 126 Å². The molecule has 0 heterocycles. The van der Waals surface area contributed by atoms with Gasteiger partial charge in [-0.15, -0.1) is 0 Å². The van der Waals surface area contributed by atoms with Crippen LogP contribution in [-0.2, 0) is 0 Å². The third kappa shape index (κ3) is 3.56. The third-order valence-electron chi connectivity index (χ3n) is 3.64. The molecule has 2 aromatic rings. The van der Waals surface area contributed by atoms with E-state index in [1.807, 2.05) is 37.3 Å². The van der Waals surface area contributed by atoms with Gasteiger partial charge in [0, 0.05) is 16.8 Å². The van der Waals surface area contributed by atoms with Crippen LogP contribution in [0.4, 0.5) is 5.69 Å². The zero-order valence-corrected chi connectivity index (χ0v) is 13.1. The quantitative estimate of drug-likeness (QED) is 0.863. The molecule has 2 N–H and O–H groups in total. The third-order valence-corrected chi connectivity index (χ3v) is 3.64. The van der Waals surface area contributed by atoms with Gasteiger partial charge in [-0.05, 0) is 38.5 Å². The number of hydrogen-bond donors (Lipinski definition) is 2. The molecule has 0 amide bonds. The lowest BCUT2D eigenvalue weighted by molar-refractivity contribution is 0.200. The molecule has 112 valence electrons. The lowest BCUT2D eigenvalue weighted by Gasteiger charge is -2.21. The van der Waals surface area contributed by atoms with E-state index in [4.69, 9.17) is 4.74 Å². The van der Waals surface area contributed by atoms with Crippen molar-refractivity contribution in [2.24, 2.45) is 0 Å². The normalized spacial score (nSPS) is 13.6. The maximum Gasteiger partial charge on any atom is 0.124 e. The van der Waals surface area contributed by atoms with Crippen molar-refractivity contribution in [2.75, 3.05) is 12.4 Å². The number of aryl methyl sites for hydroxylation is 1. The maximum absolute atomic E-state index is 9.86. The summed E-state index contributed by atoms with van der Waals surface area (Å²) in [4.78, 5) is 0. The second-order valence-electron chi connectivity index (χ2n) is 5.37. The van der Waals surface area contributed by atoms with Gasteiger partial charge in [0.25, 0.3) is 0 Å². The minimum absolute atomic E-state index is 0.0837. The Morgan fingerprint density at radius 3 is 2.43 bits per heavy atom. The molecule has 0 aromatic heterocycles. The number of anilines is 1. The number of rotatable bonds is 5. The Morgan fingerprint density at radius 1 is 1.05 bits per heavy atom. The van der Waals surface area contributed by atoms with E-state index in [1.54, 1.807) is 14.0 Å². The highest BCUT2D eigenvalue weighted by atomic mass is 16.5. The van der Waals surface area contributed by atoms with Crippen LogP contribution in [0.5, 0.6) is 5.75 Å². The molecule has 0 aliphatic rings. The summed E-state index contributed by atoms with van der Waals surface area (Å²) >= 11 is 0. The molecule has 21 heavy (non-hydrogen) atoms. The van der Waals surface area contributed by atoms with Crippen molar-refractivity contribution in [3.63, 3.8) is 0 Å². The van der Waals surface area contributed by atoms with Crippen molar-refractivity contribution >= 4 is 5.69 Å². The highest BCUT2D eigenvalue weighted by Crippen LogP contribution is 2.31. The standard InChI is InChI=1S/C18H23NO2/c1-12-9-10-15(18(11-12)21-4)13(2)19-17-8-6-5-7-16(17)14(3)20/h5-11,13-14,19-20H,1-4H3. The van der Waals surface area contributed by atoms with Crippen molar-refractivity contribution in [1.29, 1.82) is 0 Å². The van der Waals surface area contributed by atoms with E-state index in [9.17, 15) is 5.11 Å². The Kier molecular flexibility index (Phi) is 4.86. The Bertz CT molecular complexity index is 608. The zero-order valence-electron chi connectivity index (χ0n) is 13.1. The summed E-state index contributed by atoms with van der Waals surface area (Å²) < 4.78 is 5.47. The summed E-state index contributed by atoms with van der Waals surface area (Å²) in [5, 5.41) is 13.3. The molecule has 2 atom stereocenters. The van der Waals surface area contributed by atoms with Crippen LogP contribution in [0.2, 0.25) is 0 Å². The van der Waals surface area contributed by atoms with Gasteiger partial charge in [-0.1, -0.05) is 30.3 Å². The van der Waals surface area contributed by atoms with E-state index in [2.05, 4.69) is 24.4 Å². The maximum atomic E-state index is 9.86. The van der Waals surface area contributed by atoms with E-state index >= 15 is 0 Å². The Balaban J connectivity index is 2.28. The van der Waals surface area contributed by atoms with Crippen molar-refractivity contribution in [3.8, 4) is 5.75 Å². The second kappa shape index (κ2) is 6.64. The molecule has 0 aliphatic heterocycles. The minimum Gasteiger partial charge on any atom is -0.496 e. The van der Waals surface area contributed by atoms with Gasteiger partial charge in [0.1, 0.15) is 5.75 Å². The first kappa shape index (κ1) is 15.4. The van der Waals surface area contributed by atoms with E-state index < -0.39 is 6.10 Å². The van der Waals surface area contributed by atoms with E-state index in [-0.39, 0.29) is 6.04 Å². The van der Waals surface area contributed by atoms with Crippen LogP contribution >= 0.6 is 0 Å². The molecule has 3 heteroatoms. The molecule has 2 rings (SSSR count). The first-order chi connectivity index (χ1) is 10.0. The summed E-state index contributed by atoms with van der Waals surface area (Å²) in [5.41, 5.74) is 4.12. The van der Waals surface area contributed by atoms with Gasteiger partial charge in [0.05, 0.1) is 19.3 Å². The van der Waals surface area contributed by atoms with Crippen LogP contribution in [0, 0.1) is 6.92 Å². The zero-order chi connectivity index (χ0) is 15.4. The average Bonchev–Trinajstić information content (AvgIpc) is 2.47. The van der Waals surface area contributed by atoms with Gasteiger partial charge < -0.3 is 15.2 Å². The fraction of sp³-hybridized carbons (Fsp3) is 0.333. The molecule has 0 saturated carbocycles. The van der Waals surface area contributed by atoms with Gasteiger partial charge >= 0.3 is 0 Å². The highest BCUT2D eigenvalue weighted by molar-refractivity contribution is 5.54. The van der Waals surface area contributed by atoms with Crippen LogP contribution in [-0.4, -0.2) is 12.2 Å². The predicted molar refractivity (Wildman–Crippen MR) is 86.8 cm³/mol. The molecule has 2 unspecified atom stereocenters. The largest absolute Gasteiger partial charge is 0.496 e. The molecule has 0 bridgehead atoms. The molecule has 2 aromatic carbocycles. The van der Waals surface area contributed by atoms with E-state index in [1.165, 1.54) is 5.56 Å². The minimum atomic E-state index is -0.499. The van der Waals surface area contributed by atoms with Gasteiger partial charge in [0.15, 0.2) is 0 Å². The van der Waals surface area contributed by atoms with Crippen molar-refractivity contribution in [3.05, 3.63) is 59.2 Å². The summed E-state index contributed by atoms with van der Waals surface area (Å²) in [6.45, 7) is 5.91. The number of ether oxygens (including phenoxy) is 1. The Morgan fingerprint density at radius 2 is 1.76 bits per heavy atom. The van der Waals surface area contributed by atoms with Crippen LogP contribution in [0.3, 0.4) is 0 Å². The van der Waals surface area contributed by atoms with Crippen molar-refractivity contribution in [1.82, 2.24) is 0 Å². The molecule has 0 fully saturated rings. The molecular weight excluding hydrogens is 262 g/mol. The highest BCUT2D eigenvalue weighted by Gasteiger charge is 2.14. The number of aliphatic hydroxyl groups excluding tert-OH is 1. The van der Waals surface area contributed by atoms with Crippen molar-refractivity contribution < 1.29 is 9.84 Å². The van der Waals surface area contributed by atoms with E-state index in [0.717, 1.165) is 22.6 Å². The van der Waals surface area contributed by atoms with Gasteiger partial charge in [0.2, 0.25) is 0 Å². The lowest BCUT2D eigenvalue weighted by atomic mass is 10.0. The number of methoxy groups -OCH3 is 1. The van der Waals surface area contributed by atoms with Crippen LogP contribution in [0.1, 0.15) is 42.7 Å². The smallest absolute Gasteiger partial charge is 0.124 e. The number of para-hydroxylation sites is 1. The average molecular weight is 285 g/mol. The predicted octanol–water partition coefficient (Wildman–Crippen LogP) is 4.23. The molecule has 0 aliphatic carbocycles. The summed E-state index contributed by atoms with van der Waals surface area (Å²) in [7, 11) is 1.69. The van der Waals surface area contributed by atoms with E-state index in [0.29, 0.717) is 0 Å². The second-order valence-corrected chi connectivity index (χ2v) is 5.37. The van der Waals surface area contributed by atoms with Crippen LogP contribution < -0.4 is 10.1 Å². The fourth-order valence-electron chi connectivity index (χ4n) is 2.48. The van der Waals surface area contributed by atoms with Gasteiger partial charge in [-0.3, -0.25) is 0 Å². The van der Waals surface area contributed by atoms with Crippen molar-refractivity contribution in [2.45, 2.75) is 32.9 Å². The van der Waals surface area contributed by atoms with Gasteiger partial charge in [-0.25, -0.2) is 0 Å². The Hall–Kier alpha value is -2.00. The number of hydrogen-bond acceptors (Lipinski definition) is 3. The first-order valence-corrected chi connectivity index (χ1v) is 7.21. The number of nitrogens with one attached hydrogen (secondary N) is 1. The lowest BCUT2D eigenvalue weighted by Crippen LogP contribution is -2.10. The molecular formula is C18H23NO2. The van der Waals surface area contributed by atoms with Gasteiger partial charge in [-0.2, -0.15) is 0 Å². The first-order valence-electron chi connectivity index (χ1n) is 7.21. The molecule has 3 nitrogen and oxygen atoms in total. The fourth-order valence-corrected chi connectivity index (χ4v) is 2.48. The summed E-state index contributed by atoms with van der Waals surface area (Å²) in [6.07, 6.45) is -0.499. The topological polar surface area (TPSA) is 41.5 Å².